The maximum absolute atomic E-state index is 5.84. The number of hydrogen-bond donors (Lipinski definition) is 0. The van der Waals surface area contributed by atoms with E-state index in [0.29, 0.717) is 6.42 Å². The maximum atomic E-state index is 5.84. The molecule has 0 aromatic carbocycles. The molecule has 0 atom stereocenters. The highest BCUT2D eigenvalue weighted by atomic mass is 79.9. The zero-order chi connectivity index (χ0) is 9.84. The van der Waals surface area contributed by atoms with Crippen LogP contribution >= 0.6 is 38.9 Å². The minimum atomic E-state index is -0.203. The van der Waals surface area contributed by atoms with E-state index in [0.717, 1.165) is 13.7 Å². The van der Waals surface area contributed by atoms with Crippen LogP contribution in [0.5, 0.6) is 0 Å². The minimum absolute atomic E-state index is 0.203. The Labute approximate surface area is 94.9 Å². The molecule has 1 aromatic heterocycles. The fourth-order valence-corrected chi connectivity index (χ4v) is 3.02. The van der Waals surface area contributed by atoms with Crippen LogP contribution in [-0.2, 0) is 15.9 Å². The molecule has 0 N–H and O–H groups in total. The summed E-state index contributed by atoms with van der Waals surface area (Å²) in [6.45, 7) is 0. The fraction of sp³-hybridized carbons (Fsp3) is 0.500. The van der Waals surface area contributed by atoms with Gasteiger partial charge in [-0.25, -0.2) is 0 Å². The number of methoxy groups -OCH3 is 2. The third-order valence-electron chi connectivity index (χ3n) is 1.61. The fourth-order valence-electron chi connectivity index (χ4n) is 0.929. The van der Waals surface area contributed by atoms with Crippen molar-refractivity contribution in [2.45, 2.75) is 12.7 Å². The van der Waals surface area contributed by atoms with Gasteiger partial charge < -0.3 is 9.47 Å². The molecule has 13 heavy (non-hydrogen) atoms. The van der Waals surface area contributed by atoms with E-state index >= 15 is 0 Å². The van der Waals surface area contributed by atoms with E-state index in [2.05, 4.69) is 15.9 Å². The van der Waals surface area contributed by atoms with Gasteiger partial charge in [0.2, 0.25) is 0 Å². The quantitative estimate of drug-likeness (QED) is 0.790. The first kappa shape index (κ1) is 11.5. The van der Waals surface area contributed by atoms with Gasteiger partial charge in [-0.2, -0.15) is 0 Å². The summed E-state index contributed by atoms with van der Waals surface area (Å²) in [6, 6.07) is 1.88. The SMILES string of the molecule is COC(Cc1sc(Cl)cc1Br)OC. The van der Waals surface area contributed by atoms with Crippen LogP contribution in [0, 0.1) is 0 Å². The molecule has 0 aliphatic heterocycles. The lowest BCUT2D eigenvalue weighted by atomic mass is 10.3. The standard InChI is InChI=1S/C8H10BrClO2S/c1-11-8(12-2)4-6-5(9)3-7(10)13-6/h3,8H,4H2,1-2H3. The van der Waals surface area contributed by atoms with Crippen LogP contribution in [0.4, 0.5) is 0 Å². The van der Waals surface area contributed by atoms with Crippen molar-refractivity contribution < 1.29 is 9.47 Å². The van der Waals surface area contributed by atoms with Gasteiger partial charge in [0, 0.05) is 30.0 Å². The van der Waals surface area contributed by atoms with Crippen LogP contribution in [0.1, 0.15) is 4.88 Å². The Kier molecular flexibility index (Phi) is 4.69. The van der Waals surface area contributed by atoms with Gasteiger partial charge in [0.05, 0.1) is 4.34 Å². The number of ether oxygens (including phenoxy) is 2. The third kappa shape index (κ3) is 3.22. The molecule has 1 heterocycles. The van der Waals surface area contributed by atoms with E-state index in [4.69, 9.17) is 21.1 Å². The molecule has 1 rings (SSSR count). The Bertz CT molecular complexity index is 273. The number of rotatable bonds is 4. The van der Waals surface area contributed by atoms with Crippen LogP contribution in [-0.4, -0.2) is 20.5 Å². The van der Waals surface area contributed by atoms with E-state index in [-0.39, 0.29) is 6.29 Å². The molecular weight excluding hydrogens is 276 g/mol. The van der Waals surface area contributed by atoms with Gasteiger partial charge in [-0.3, -0.25) is 0 Å². The second kappa shape index (κ2) is 5.32. The van der Waals surface area contributed by atoms with Crippen LogP contribution in [0.25, 0.3) is 0 Å². The molecule has 0 bridgehead atoms. The average Bonchev–Trinajstić information content (AvgIpc) is 2.41. The summed E-state index contributed by atoms with van der Waals surface area (Å²) >= 11 is 10.8. The van der Waals surface area contributed by atoms with Crippen molar-refractivity contribution in [1.82, 2.24) is 0 Å². The van der Waals surface area contributed by atoms with Crippen molar-refractivity contribution in [3.8, 4) is 0 Å². The largest absolute Gasteiger partial charge is 0.356 e. The van der Waals surface area contributed by atoms with Crippen molar-refractivity contribution >= 4 is 38.9 Å². The summed E-state index contributed by atoms with van der Waals surface area (Å²) in [4.78, 5) is 1.14. The average molecular weight is 286 g/mol. The van der Waals surface area contributed by atoms with Gasteiger partial charge >= 0.3 is 0 Å². The Morgan fingerprint density at radius 2 is 2.15 bits per heavy atom. The highest BCUT2D eigenvalue weighted by Crippen LogP contribution is 2.32. The van der Waals surface area contributed by atoms with Gasteiger partial charge in [-0.1, -0.05) is 11.6 Å². The van der Waals surface area contributed by atoms with Crippen molar-refractivity contribution in [3.05, 3.63) is 19.8 Å². The predicted octanol–water partition coefficient (Wildman–Crippen LogP) is 3.33. The molecule has 0 amide bonds. The third-order valence-corrected chi connectivity index (χ3v) is 3.86. The van der Waals surface area contributed by atoms with E-state index in [1.54, 1.807) is 14.2 Å². The Morgan fingerprint density at radius 3 is 2.54 bits per heavy atom. The van der Waals surface area contributed by atoms with E-state index in [1.807, 2.05) is 6.07 Å². The molecule has 74 valence electrons. The molecule has 0 radical (unpaired) electrons. The summed E-state index contributed by atoms with van der Waals surface area (Å²) in [5.74, 6) is 0. The monoisotopic (exact) mass is 284 g/mol. The molecule has 0 saturated carbocycles. The van der Waals surface area contributed by atoms with E-state index < -0.39 is 0 Å². The zero-order valence-corrected chi connectivity index (χ0v) is 10.5. The van der Waals surface area contributed by atoms with Gasteiger partial charge in [-0.05, 0) is 22.0 Å². The second-order valence-corrected chi connectivity index (χ2v) is 5.05. The lowest BCUT2D eigenvalue weighted by Crippen LogP contribution is -2.15. The molecule has 5 heteroatoms. The van der Waals surface area contributed by atoms with Crippen molar-refractivity contribution in [2.24, 2.45) is 0 Å². The number of halogens is 2. The summed E-state index contributed by atoms with van der Waals surface area (Å²) < 4.78 is 12.0. The molecular formula is C8H10BrClO2S. The molecule has 2 nitrogen and oxygen atoms in total. The molecule has 0 aliphatic carbocycles. The molecule has 0 aliphatic rings. The Hall–Kier alpha value is 0.390. The van der Waals surface area contributed by atoms with Crippen LogP contribution < -0.4 is 0 Å². The minimum Gasteiger partial charge on any atom is -0.356 e. The Morgan fingerprint density at radius 1 is 1.54 bits per heavy atom. The van der Waals surface area contributed by atoms with E-state index in [1.165, 1.54) is 11.3 Å². The summed E-state index contributed by atoms with van der Waals surface area (Å²) in [5, 5.41) is 0. The summed E-state index contributed by atoms with van der Waals surface area (Å²) in [5.41, 5.74) is 0. The summed E-state index contributed by atoms with van der Waals surface area (Å²) in [7, 11) is 3.24. The van der Waals surface area contributed by atoms with Crippen LogP contribution in [0.2, 0.25) is 4.34 Å². The maximum Gasteiger partial charge on any atom is 0.161 e. The van der Waals surface area contributed by atoms with Crippen molar-refractivity contribution in [1.29, 1.82) is 0 Å². The normalized spacial score (nSPS) is 11.2. The summed E-state index contributed by atoms with van der Waals surface area (Å²) in [6.07, 6.45) is 0.511. The molecule has 0 unspecified atom stereocenters. The van der Waals surface area contributed by atoms with Gasteiger partial charge in [-0.15, -0.1) is 11.3 Å². The van der Waals surface area contributed by atoms with Gasteiger partial charge in [0.25, 0.3) is 0 Å². The van der Waals surface area contributed by atoms with Crippen molar-refractivity contribution in [3.63, 3.8) is 0 Å². The molecule has 0 spiro atoms. The first-order valence-electron chi connectivity index (χ1n) is 3.66. The van der Waals surface area contributed by atoms with E-state index in [9.17, 15) is 0 Å². The predicted molar refractivity (Wildman–Crippen MR) is 58.5 cm³/mol. The van der Waals surface area contributed by atoms with Crippen LogP contribution in [0.3, 0.4) is 0 Å². The smallest absolute Gasteiger partial charge is 0.161 e. The number of hydrogen-bond acceptors (Lipinski definition) is 3. The Balaban J connectivity index is 2.67. The van der Waals surface area contributed by atoms with Crippen LogP contribution in [0.15, 0.2) is 10.5 Å². The molecule has 1 aromatic rings. The highest BCUT2D eigenvalue weighted by molar-refractivity contribution is 9.10. The topological polar surface area (TPSA) is 18.5 Å². The van der Waals surface area contributed by atoms with Crippen molar-refractivity contribution in [2.75, 3.05) is 14.2 Å². The first-order chi connectivity index (χ1) is 6.17. The van der Waals surface area contributed by atoms with Gasteiger partial charge in [0.1, 0.15) is 0 Å². The highest BCUT2D eigenvalue weighted by Gasteiger charge is 2.12. The lowest BCUT2D eigenvalue weighted by molar-refractivity contribution is -0.0999. The first-order valence-corrected chi connectivity index (χ1v) is 5.65. The molecule has 0 saturated heterocycles. The second-order valence-electron chi connectivity index (χ2n) is 2.43. The molecule has 0 fully saturated rings. The zero-order valence-electron chi connectivity index (χ0n) is 7.34. The number of thiophene rings is 1. The lowest BCUT2D eigenvalue weighted by Gasteiger charge is -2.11. The van der Waals surface area contributed by atoms with Gasteiger partial charge in [0.15, 0.2) is 6.29 Å².